The average Bonchev–Trinajstić information content (AvgIpc) is 2.47. The van der Waals surface area contributed by atoms with E-state index in [0.29, 0.717) is 23.3 Å². The molecule has 116 valence electrons. The molecule has 1 atom stereocenters. The minimum atomic E-state index is -0.811. The van der Waals surface area contributed by atoms with Gasteiger partial charge in [0.25, 0.3) is 0 Å². The molecule has 3 saturated heterocycles. The number of ether oxygens (including phenoxy) is 2. The number of piperidine rings is 3. The molecule has 2 N–H and O–H groups in total. The highest BCUT2D eigenvalue weighted by molar-refractivity contribution is 5.85. The summed E-state index contributed by atoms with van der Waals surface area (Å²) in [5, 5.41) is 0. The molecule has 6 heteroatoms. The average molecular weight is 313 g/mol. The second-order valence-corrected chi connectivity index (χ2v) is 5.54. The first-order chi connectivity index (χ1) is 9.69. The minimum absolute atomic E-state index is 0. The Morgan fingerprint density at radius 2 is 2.05 bits per heavy atom. The predicted molar refractivity (Wildman–Crippen MR) is 82.4 cm³/mol. The van der Waals surface area contributed by atoms with Gasteiger partial charge < -0.3 is 20.1 Å². The van der Waals surface area contributed by atoms with Gasteiger partial charge in [-0.1, -0.05) is 12.1 Å². The van der Waals surface area contributed by atoms with E-state index >= 15 is 0 Å². The number of nitrogens with two attached hydrogens (primary N) is 1. The van der Waals surface area contributed by atoms with E-state index in [-0.39, 0.29) is 12.4 Å². The van der Waals surface area contributed by atoms with Gasteiger partial charge in [0.05, 0.1) is 7.11 Å². The first-order valence-electron chi connectivity index (χ1n) is 7.05. The van der Waals surface area contributed by atoms with Gasteiger partial charge >= 0.3 is 6.09 Å². The molecule has 3 aliphatic rings. The largest absolute Gasteiger partial charge is 0.493 e. The third kappa shape index (κ3) is 3.09. The molecule has 1 aromatic rings. The Hall–Kier alpha value is -1.46. The fraction of sp³-hybridized carbons (Fsp3) is 0.533. The summed E-state index contributed by atoms with van der Waals surface area (Å²) < 4.78 is 10.5. The molecule has 3 aliphatic heterocycles. The minimum Gasteiger partial charge on any atom is -0.493 e. The van der Waals surface area contributed by atoms with Crippen molar-refractivity contribution in [1.82, 2.24) is 4.90 Å². The van der Waals surface area contributed by atoms with E-state index in [1.54, 1.807) is 13.2 Å². The molecule has 2 bridgehead atoms. The summed E-state index contributed by atoms with van der Waals surface area (Å²) in [7, 11) is 1.61. The Balaban J connectivity index is 0.00000161. The van der Waals surface area contributed by atoms with E-state index in [2.05, 4.69) is 11.0 Å². The maximum absolute atomic E-state index is 11.0. The van der Waals surface area contributed by atoms with E-state index in [0.717, 1.165) is 12.1 Å². The summed E-state index contributed by atoms with van der Waals surface area (Å²) in [5.41, 5.74) is 6.24. The molecule has 4 rings (SSSR count). The van der Waals surface area contributed by atoms with E-state index in [1.165, 1.54) is 25.9 Å². The fourth-order valence-electron chi connectivity index (χ4n) is 3.55. The van der Waals surface area contributed by atoms with Crippen molar-refractivity contribution >= 4 is 18.5 Å². The quantitative estimate of drug-likeness (QED) is 0.930. The van der Waals surface area contributed by atoms with Gasteiger partial charge in [-0.25, -0.2) is 4.79 Å². The van der Waals surface area contributed by atoms with Gasteiger partial charge in [0.15, 0.2) is 11.5 Å². The summed E-state index contributed by atoms with van der Waals surface area (Å²) >= 11 is 0. The number of nitrogens with zero attached hydrogens (tertiary/aromatic N) is 1. The molecule has 0 aromatic heterocycles. The Labute approximate surface area is 130 Å². The van der Waals surface area contributed by atoms with Crippen molar-refractivity contribution in [2.24, 2.45) is 11.7 Å². The smallest absolute Gasteiger partial charge is 0.410 e. The Kier molecular flexibility index (Phi) is 4.96. The van der Waals surface area contributed by atoms with Crippen LogP contribution in [0.25, 0.3) is 0 Å². The standard InChI is InChI=1S/C15H20N2O3.ClH/c1-19-14-11(3-2-4-13(14)20-15(16)18)12-9-17-7-5-10(12)6-8-17;/h2-4,10,12H,5-9H2,1H3,(H2,16,18);1H. The van der Waals surface area contributed by atoms with Gasteiger partial charge in [-0.2, -0.15) is 0 Å². The number of fused-ring (bicyclic) bond motifs is 3. The van der Waals surface area contributed by atoms with Crippen LogP contribution in [0.4, 0.5) is 4.79 Å². The maximum Gasteiger partial charge on any atom is 0.410 e. The van der Waals surface area contributed by atoms with E-state index in [4.69, 9.17) is 15.2 Å². The molecule has 0 aliphatic carbocycles. The van der Waals surface area contributed by atoms with Gasteiger partial charge in [-0.05, 0) is 37.9 Å². The number of benzene rings is 1. The van der Waals surface area contributed by atoms with Gasteiger partial charge in [-0.3, -0.25) is 0 Å². The van der Waals surface area contributed by atoms with Gasteiger partial charge in [0, 0.05) is 18.0 Å². The van der Waals surface area contributed by atoms with E-state index in [9.17, 15) is 4.79 Å². The van der Waals surface area contributed by atoms with Crippen molar-refractivity contribution in [3.05, 3.63) is 23.8 Å². The summed E-state index contributed by atoms with van der Waals surface area (Å²) in [4.78, 5) is 13.5. The Bertz CT molecular complexity index is 516. The zero-order valence-electron chi connectivity index (χ0n) is 12.1. The lowest BCUT2D eigenvalue weighted by Crippen LogP contribution is -2.46. The lowest BCUT2D eigenvalue weighted by atomic mass is 9.75. The van der Waals surface area contributed by atoms with Crippen LogP contribution in [-0.2, 0) is 0 Å². The molecule has 1 unspecified atom stereocenters. The summed E-state index contributed by atoms with van der Waals surface area (Å²) in [6.45, 7) is 3.45. The summed E-state index contributed by atoms with van der Waals surface area (Å²) in [6, 6.07) is 5.68. The van der Waals surface area contributed by atoms with Crippen LogP contribution in [0, 0.1) is 5.92 Å². The van der Waals surface area contributed by atoms with E-state index in [1.807, 2.05) is 6.07 Å². The Morgan fingerprint density at radius 1 is 1.33 bits per heavy atom. The SMILES string of the molecule is COc1c(OC(N)=O)cccc1C1CN2CCC1CC2.Cl. The van der Waals surface area contributed by atoms with Crippen LogP contribution in [0.5, 0.6) is 11.5 Å². The molecule has 21 heavy (non-hydrogen) atoms. The van der Waals surface area contributed by atoms with Crippen molar-refractivity contribution in [1.29, 1.82) is 0 Å². The van der Waals surface area contributed by atoms with Crippen molar-refractivity contribution in [3.63, 3.8) is 0 Å². The summed E-state index contributed by atoms with van der Waals surface area (Å²) in [6.07, 6.45) is 1.65. The normalized spacial score (nSPS) is 26.8. The van der Waals surface area contributed by atoms with Crippen LogP contribution in [0.2, 0.25) is 0 Å². The lowest BCUT2D eigenvalue weighted by molar-refractivity contribution is 0.0858. The molecule has 3 heterocycles. The predicted octanol–water partition coefficient (Wildman–Crippen LogP) is 2.38. The molecule has 0 spiro atoms. The van der Waals surface area contributed by atoms with Crippen LogP contribution < -0.4 is 15.2 Å². The van der Waals surface area contributed by atoms with Crippen molar-refractivity contribution in [3.8, 4) is 11.5 Å². The zero-order valence-corrected chi connectivity index (χ0v) is 12.9. The molecule has 1 aromatic carbocycles. The monoisotopic (exact) mass is 312 g/mol. The van der Waals surface area contributed by atoms with Crippen LogP contribution >= 0.6 is 12.4 Å². The van der Waals surface area contributed by atoms with Crippen molar-refractivity contribution in [2.75, 3.05) is 26.7 Å². The lowest BCUT2D eigenvalue weighted by Gasteiger charge is -2.45. The molecule has 0 radical (unpaired) electrons. The zero-order chi connectivity index (χ0) is 14.1. The first-order valence-corrected chi connectivity index (χ1v) is 7.05. The number of carbonyl (C=O) groups is 1. The van der Waals surface area contributed by atoms with Crippen molar-refractivity contribution < 1.29 is 14.3 Å². The number of amides is 1. The molecule has 5 nitrogen and oxygen atoms in total. The van der Waals surface area contributed by atoms with Crippen molar-refractivity contribution in [2.45, 2.75) is 18.8 Å². The number of hydrogen-bond donors (Lipinski definition) is 1. The maximum atomic E-state index is 11.0. The molecule has 3 fully saturated rings. The number of methoxy groups -OCH3 is 1. The van der Waals surface area contributed by atoms with Crippen LogP contribution in [-0.4, -0.2) is 37.7 Å². The fourth-order valence-corrected chi connectivity index (χ4v) is 3.55. The summed E-state index contributed by atoms with van der Waals surface area (Å²) in [5.74, 6) is 2.20. The molecular weight excluding hydrogens is 292 g/mol. The topological polar surface area (TPSA) is 64.8 Å². The van der Waals surface area contributed by atoms with E-state index < -0.39 is 6.09 Å². The molecule has 0 saturated carbocycles. The number of primary amides is 1. The second-order valence-electron chi connectivity index (χ2n) is 5.54. The molecular formula is C15H21ClN2O3. The highest BCUT2D eigenvalue weighted by atomic mass is 35.5. The number of halogens is 1. The number of rotatable bonds is 3. The van der Waals surface area contributed by atoms with Crippen LogP contribution in [0.3, 0.4) is 0 Å². The highest BCUT2D eigenvalue weighted by Gasteiger charge is 2.36. The van der Waals surface area contributed by atoms with Crippen LogP contribution in [0.15, 0.2) is 18.2 Å². The second kappa shape index (κ2) is 6.54. The first kappa shape index (κ1) is 15.9. The van der Waals surface area contributed by atoms with Gasteiger partial charge in [0.2, 0.25) is 0 Å². The van der Waals surface area contributed by atoms with Crippen LogP contribution in [0.1, 0.15) is 24.3 Å². The van der Waals surface area contributed by atoms with Gasteiger partial charge in [-0.15, -0.1) is 12.4 Å². The number of carbonyl (C=O) groups excluding carboxylic acids is 1. The third-order valence-corrected chi connectivity index (χ3v) is 4.48. The number of hydrogen-bond acceptors (Lipinski definition) is 4. The Morgan fingerprint density at radius 3 is 2.57 bits per heavy atom. The van der Waals surface area contributed by atoms with Gasteiger partial charge in [0.1, 0.15) is 0 Å². The number of para-hydroxylation sites is 1. The highest BCUT2D eigenvalue weighted by Crippen LogP contribution is 2.44. The molecule has 1 amide bonds. The third-order valence-electron chi connectivity index (χ3n) is 4.48.